The zero-order chi connectivity index (χ0) is 25.4. The summed E-state index contributed by atoms with van der Waals surface area (Å²) >= 11 is 0. The molecule has 4 rings (SSSR count). The van der Waals surface area contributed by atoms with Crippen molar-refractivity contribution >= 4 is 17.3 Å². The number of piperidine rings is 1. The number of halogens is 1. The van der Waals surface area contributed by atoms with Gasteiger partial charge in [0.1, 0.15) is 5.82 Å². The Balaban J connectivity index is 0.000000429. The van der Waals surface area contributed by atoms with Crippen LogP contribution < -0.4 is 5.32 Å². The van der Waals surface area contributed by atoms with E-state index >= 15 is 0 Å². The number of nitrogens with zero attached hydrogens (tertiary/aromatic N) is 3. The van der Waals surface area contributed by atoms with E-state index in [0.29, 0.717) is 11.5 Å². The average molecular weight is 475 g/mol. The Hall–Kier alpha value is -2.97. The second kappa shape index (κ2) is 12.7. The van der Waals surface area contributed by atoms with Gasteiger partial charge in [0.2, 0.25) is 0 Å². The second-order valence-corrected chi connectivity index (χ2v) is 9.41. The summed E-state index contributed by atoms with van der Waals surface area (Å²) < 4.78 is 16.8. The highest BCUT2D eigenvalue weighted by Gasteiger charge is 2.18. The molecular formula is C30H39FN4. The number of imidazole rings is 1. The highest BCUT2D eigenvalue weighted by molar-refractivity contribution is 5.80. The van der Waals surface area contributed by atoms with Crippen LogP contribution in [0.1, 0.15) is 92.4 Å². The lowest BCUT2D eigenvalue weighted by molar-refractivity contribution is 0.458. The highest BCUT2D eigenvalue weighted by atomic mass is 19.1. The fourth-order valence-electron chi connectivity index (χ4n) is 4.42. The maximum Gasteiger partial charge on any atom is 0.156 e. The third-order valence-electron chi connectivity index (χ3n) is 6.34. The van der Waals surface area contributed by atoms with Crippen molar-refractivity contribution in [1.29, 1.82) is 0 Å². The van der Waals surface area contributed by atoms with Crippen LogP contribution in [0, 0.1) is 38.4 Å². The summed E-state index contributed by atoms with van der Waals surface area (Å²) in [5.41, 5.74) is 7.38. The minimum atomic E-state index is -0.149. The number of aromatic nitrogens is 3. The van der Waals surface area contributed by atoms with Crippen LogP contribution in [0.4, 0.5) is 4.39 Å². The number of benzene rings is 1. The first-order valence-electron chi connectivity index (χ1n) is 12.8. The number of hydrogen-bond acceptors (Lipinski definition) is 3. The van der Waals surface area contributed by atoms with Gasteiger partial charge in [0.05, 0.1) is 17.6 Å². The molecule has 1 N–H and O–H groups in total. The molecule has 0 bridgehead atoms. The Bertz CT molecular complexity index is 1210. The fraction of sp³-hybridized carbons (Fsp3) is 0.467. The normalized spacial score (nSPS) is 14.3. The molecule has 0 amide bonds. The fourth-order valence-corrected chi connectivity index (χ4v) is 4.42. The van der Waals surface area contributed by atoms with Gasteiger partial charge in [-0.1, -0.05) is 19.9 Å². The molecule has 5 heteroatoms. The van der Waals surface area contributed by atoms with Crippen molar-refractivity contribution in [3.05, 3.63) is 63.9 Å². The highest BCUT2D eigenvalue weighted by Crippen LogP contribution is 2.30. The molecule has 3 heterocycles. The molecule has 1 aliphatic rings. The van der Waals surface area contributed by atoms with Crippen molar-refractivity contribution in [2.75, 3.05) is 13.1 Å². The van der Waals surface area contributed by atoms with Gasteiger partial charge in [-0.2, -0.15) is 5.10 Å². The molecule has 3 aromatic rings. The van der Waals surface area contributed by atoms with E-state index in [0.717, 1.165) is 78.1 Å². The van der Waals surface area contributed by atoms with E-state index in [1.165, 1.54) is 6.42 Å². The summed E-state index contributed by atoms with van der Waals surface area (Å²) in [4.78, 5) is 4.50. The lowest BCUT2D eigenvalue weighted by Crippen LogP contribution is -2.26. The summed E-state index contributed by atoms with van der Waals surface area (Å²) in [6, 6.07) is 5.90. The smallest absolute Gasteiger partial charge is 0.156 e. The second-order valence-electron chi connectivity index (χ2n) is 9.41. The van der Waals surface area contributed by atoms with Gasteiger partial charge in [0, 0.05) is 18.4 Å². The van der Waals surface area contributed by atoms with Gasteiger partial charge in [-0.3, -0.25) is 0 Å². The summed E-state index contributed by atoms with van der Waals surface area (Å²) in [7, 11) is 0. The first-order valence-corrected chi connectivity index (χ1v) is 12.8. The molecule has 1 fully saturated rings. The van der Waals surface area contributed by atoms with E-state index < -0.39 is 0 Å². The molecule has 0 spiro atoms. The van der Waals surface area contributed by atoms with Crippen molar-refractivity contribution in [2.24, 2.45) is 0 Å². The third-order valence-corrected chi connectivity index (χ3v) is 6.34. The van der Waals surface area contributed by atoms with Crippen molar-refractivity contribution < 1.29 is 4.39 Å². The van der Waals surface area contributed by atoms with Gasteiger partial charge in [0.25, 0.3) is 0 Å². The minimum Gasteiger partial charge on any atom is -0.317 e. The Labute approximate surface area is 210 Å². The first-order chi connectivity index (χ1) is 16.8. The van der Waals surface area contributed by atoms with E-state index in [1.54, 1.807) is 10.6 Å². The largest absolute Gasteiger partial charge is 0.317 e. The van der Waals surface area contributed by atoms with Crippen LogP contribution in [0.5, 0.6) is 0 Å². The van der Waals surface area contributed by atoms with Crippen LogP contribution in [-0.4, -0.2) is 27.7 Å². The van der Waals surface area contributed by atoms with Crippen molar-refractivity contribution in [2.45, 2.75) is 79.6 Å². The van der Waals surface area contributed by atoms with Crippen LogP contribution in [0.25, 0.3) is 17.3 Å². The number of allylic oxidation sites excluding steroid dienone is 1. The van der Waals surface area contributed by atoms with Gasteiger partial charge >= 0.3 is 0 Å². The average Bonchev–Trinajstić information content (AvgIpc) is 3.23. The number of fused-ring (bicyclic) bond motifs is 1. The van der Waals surface area contributed by atoms with Gasteiger partial charge in [0.15, 0.2) is 5.65 Å². The van der Waals surface area contributed by atoms with Crippen LogP contribution in [-0.2, 0) is 0 Å². The molecule has 0 saturated carbocycles. The molecule has 1 saturated heterocycles. The Kier molecular flexibility index (Phi) is 9.63. The number of unbranched alkanes of at least 4 members (excludes halogenated alkanes) is 1. The molecule has 186 valence electrons. The van der Waals surface area contributed by atoms with E-state index in [1.807, 2.05) is 46.0 Å². The monoisotopic (exact) mass is 474 g/mol. The lowest BCUT2D eigenvalue weighted by Gasteiger charge is -2.23. The Morgan fingerprint density at radius 2 is 1.86 bits per heavy atom. The number of hydrogen-bond donors (Lipinski definition) is 1. The predicted octanol–water partition coefficient (Wildman–Crippen LogP) is 7.02. The van der Waals surface area contributed by atoms with Crippen molar-refractivity contribution in [3.63, 3.8) is 0 Å². The molecule has 0 aliphatic carbocycles. The first kappa shape index (κ1) is 26.6. The topological polar surface area (TPSA) is 42.2 Å². The minimum absolute atomic E-state index is 0.149. The zero-order valence-corrected chi connectivity index (χ0v) is 22.1. The molecule has 1 aromatic carbocycles. The van der Waals surface area contributed by atoms with E-state index in [4.69, 9.17) is 0 Å². The number of aryl methyl sites for hydroxylation is 3. The standard InChI is InChI=1S/C23H27FN4.C7H12/c1-14-9-19(18-5-7-25-8-6-18)12-21(24)20(14)10-15(2)22-11-16(3)23-26-17(4)13-28(23)27-22;1-3-5-7-6-4-2/h9-13,18,25H,5-8H2,1-4H3;3-5H2,1-2H3/b15-10+;. The Morgan fingerprint density at radius 3 is 2.51 bits per heavy atom. The molecule has 1 aliphatic heterocycles. The molecule has 0 unspecified atom stereocenters. The third kappa shape index (κ3) is 7.02. The number of rotatable bonds is 4. The zero-order valence-electron chi connectivity index (χ0n) is 22.1. The molecule has 4 nitrogen and oxygen atoms in total. The molecule has 35 heavy (non-hydrogen) atoms. The van der Waals surface area contributed by atoms with Crippen LogP contribution in [0.15, 0.2) is 24.4 Å². The summed E-state index contributed by atoms with van der Waals surface area (Å²) in [6.45, 7) is 14.2. The van der Waals surface area contributed by atoms with E-state index in [2.05, 4.69) is 47.2 Å². The molecule has 0 radical (unpaired) electrons. The summed E-state index contributed by atoms with van der Waals surface area (Å²) in [5, 5.41) is 8.03. The molecule has 2 aromatic heterocycles. The maximum atomic E-state index is 15.0. The number of nitrogens with one attached hydrogen (secondary N) is 1. The molecular weight excluding hydrogens is 435 g/mol. The van der Waals surface area contributed by atoms with E-state index in [-0.39, 0.29) is 5.82 Å². The van der Waals surface area contributed by atoms with Gasteiger partial charge in [-0.05, 0) is 106 Å². The quantitative estimate of drug-likeness (QED) is 0.413. The van der Waals surface area contributed by atoms with Crippen LogP contribution in [0.3, 0.4) is 0 Å². The van der Waals surface area contributed by atoms with Crippen molar-refractivity contribution in [3.8, 4) is 11.8 Å². The van der Waals surface area contributed by atoms with Gasteiger partial charge in [-0.15, -0.1) is 11.8 Å². The van der Waals surface area contributed by atoms with Crippen molar-refractivity contribution in [1.82, 2.24) is 19.9 Å². The van der Waals surface area contributed by atoms with E-state index in [9.17, 15) is 4.39 Å². The summed E-state index contributed by atoms with van der Waals surface area (Å²) in [6.07, 6.45) is 9.22. The molecule has 0 atom stereocenters. The maximum absolute atomic E-state index is 15.0. The van der Waals surface area contributed by atoms with Gasteiger partial charge < -0.3 is 5.32 Å². The Morgan fingerprint density at radius 1 is 1.11 bits per heavy atom. The lowest BCUT2D eigenvalue weighted by atomic mass is 9.88. The predicted molar refractivity (Wildman–Crippen MR) is 145 cm³/mol. The summed E-state index contributed by atoms with van der Waals surface area (Å²) in [5.74, 6) is 6.33. The van der Waals surface area contributed by atoms with Gasteiger partial charge in [-0.25, -0.2) is 13.9 Å². The van der Waals surface area contributed by atoms with Crippen LogP contribution >= 0.6 is 0 Å². The van der Waals surface area contributed by atoms with Crippen LogP contribution in [0.2, 0.25) is 0 Å². The SMILES string of the molecule is C/C(=C\c1c(C)cc(C2CCNCC2)cc1F)c1cc(C)c2nc(C)cn2n1.CCC#CCCC.